The molecule has 0 atom stereocenters. The maximum absolute atomic E-state index is 15.3. The average molecular weight is 2090 g/mol. The second-order valence-electron chi connectivity index (χ2n) is 32.8. The Morgan fingerprint density at radius 1 is 0.324 bits per heavy atom. The number of aryl methyl sites for hydroxylation is 2. The fourth-order valence-electron chi connectivity index (χ4n) is 14.9. The van der Waals surface area contributed by atoms with E-state index in [0.29, 0.717) is 32.8 Å². The number of hydrogen-bond donors (Lipinski definition) is 0. The largest absolute Gasteiger partial charge is 0.0622 e. The fraction of sp³-hybridized carbons (Fsp3) is 0.150. The van der Waals surface area contributed by atoms with Gasteiger partial charge in [0.15, 0.2) is 11.6 Å². The zero-order chi connectivity index (χ0) is 96.9. The molecule has 16 aromatic carbocycles. The smallest absolute Gasteiger partial charge is 0.0134 e. The summed E-state index contributed by atoms with van der Waals surface area (Å²) in [6.45, 7) is 12.8. The molecule has 1 heterocycles. The van der Waals surface area contributed by atoms with Gasteiger partial charge >= 0.3 is 57.7 Å². The number of rotatable bonds is 24. The molecule has 0 bridgehead atoms. The molecule has 0 amide bonds. The van der Waals surface area contributed by atoms with E-state index in [2.05, 4.69) is 301 Å². The van der Waals surface area contributed by atoms with Crippen LogP contribution >= 0.6 is 81.3 Å². The quantitative estimate of drug-likeness (QED) is 0.0151. The van der Waals surface area contributed by atoms with Gasteiger partial charge in [0.2, 0.25) is 0 Å². The predicted molar refractivity (Wildman–Crippen MR) is 557 cm³/mol. The average Bonchev–Trinajstić information content (AvgIpc) is 1.67. The first-order valence-electron chi connectivity index (χ1n) is 44.0. The molecule has 0 radical (unpaired) electrons. The van der Waals surface area contributed by atoms with E-state index in [9.17, 15) is 34.8 Å². The van der Waals surface area contributed by atoms with Crippen molar-refractivity contribution in [2.75, 3.05) is 0 Å². The number of halogens is 13. The van der Waals surface area contributed by atoms with Crippen molar-refractivity contribution in [3.63, 3.8) is 0 Å². The third kappa shape index (κ3) is 28.9. The van der Waals surface area contributed by atoms with Gasteiger partial charge in [0.25, 0.3) is 0 Å². The molecule has 0 unspecified atom stereocenters. The van der Waals surface area contributed by atoms with E-state index < -0.39 is 54.7 Å². The second kappa shape index (κ2) is 50.6. The van der Waals surface area contributed by atoms with Crippen LogP contribution in [0.2, 0.25) is 20.1 Å². The SMILES string of the molecule is CCCCCc1ccc(-c2ccc(-c3ccc(-c4ccc(-c5ccc(F)c(Cl)c5)c(Cl)c4)cc3F)cc2)cc1.CCCCCc1ccc(-c2ccc(B3OC(C)(C)C(C)(C)O3)cc2)cc1.O=S(=O)(Oc1ccc(-c2ccc(-c3ccc(F)c(Cl)c3)c(Cl)c2)cc1F)C(F)(F)F.[Cl][Pd][Cl].c1ccc(P(c2ccccc2)c2ccccc2)cc1.c1ccc(P(c2ccccc2)c2ccccc2)cc1. The van der Waals surface area contributed by atoms with Crippen molar-refractivity contribution in [1.29, 1.82) is 0 Å². The Labute approximate surface area is 833 Å². The minimum Gasteiger partial charge on any atom is -0.0622 e. The molecule has 5 nitrogen and oxygen atoms in total. The molecule has 1 aliphatic heterocycles. The van der Waals surface area contributed by atoms with Gasteiger partial charge in [0.1, 0.15) is 17.5 Å². The summed E-state index contributed by atoms with van der Waals surface area (Å²) in [7, 11) is 2.44. The molecular weight excluding hydrogens is 1990 g/mol. The van der Waals surface area contributed by atoms with Crippen LogP contribution in [-0.4, -0.2) is 32.2 Å². The van der Waals surface area contributed by atoms with Crippen molar-refractivity contribution in [3.05, 3.63) is 443 Å². The summed E-state index contributed by atoms with van der Waals surface area (Å²) in [5, 5.41) is 9.02. The molecule has 0 spiro atoms. The Kier molecular flexibility index (Phi) is 39.0. The van der Waals surface area contributed by atoms with Crippen LogP contribution in [0.15, 0.2) is 388 Å². The first-order chi connectivity index (χ1) is 65.4. The van der Waals surface area contributed by atoms with Gasteiger partial charge in [-0.15, -0.1) is 0 Å². The number of unbranched alkanes of at least 4 members (excludes halogenated alkanes) is 4. The van der Waals surface area contributed by atoms with E-state index >= 15 is 4.39 Å². The van der Waals surface area contributed by atoms with Crippen LogP contribution in [0.25, 0.3) is 77.9 Å². The van der Waals surface area contributed by atoms with Crippen LogP contribution in [-0.2, 0) is 48.2 Å². The van der Waals surface area contributed by atoms with E-state index in [0.717, 1.165) is 57.4 Å². The van der Waals surface area contributed by atoms with E-state index in [-0.39, 0.29) is 60.7 Å². The Morgan fingerprint density at radius 2 is 0.596 bits per heavy atom. The molecule has 0 aromatic heterocycles. The molecule has 700 valence electrons. The molecule has 1 aliphatic rings. The van der Waals surface area contributed by atoms with Crippen LogP contribution in [0, 0.1) is 23.3 Å². The Morgan fingerprint density at radius 3 is 0.897 bits per heavy atom. The molecule has 0 saturated carbocycles. The van der Waals surface area contributed by atoms with Crippen LogP contribution in [0.3, 0.4) is 0 Å². The minimum absolute atomic E-state index is 0.0362. The number of hydrogen-bond acceptors (Lipinski definition) is 5. The third-order valence-electron chi connectivity index (χ3n) is 22.9. The standard InChI is InChI=1S/C35H28Cl2F2.C23H31BO2.C19H9Cl2F5O3S.2C18H15P.2ClH.Pd/c1-2-3-4-5-23-6-8-24(9-7-23)25-10-12-26(13-11-25)31-18-15-28(22-35(31)39)27-14-17-30(32(36)20-27)29-16-19-34(38)33(37)21-29;1-6-7-8-9-18-10-12-19(13-11-18)20-14-16-21(17-15-20)24-25-22(2,3)23(4,5)26-24;20-14-7-10(1-4-13(14)12-2-5-16(22)15(21)8-12)11-3-6-18(17(23)9-11)29-30(27,28)19(24,25)26;2*1-4-10-16(11-5-1)19(17-12-6-2-7-13-17)18-14-8-3-9-15-18;;;/h6-22H,2-5H2,1H3;10-17H,6-9H2,1-5H3;1-9H;2*1-15H;2*1H;/q;;;;;;;+2/p-2. The maximum Gasteiger partial charge on any atom is -0.0134 e. The summed E-state index contributed by atoms with van der Waals surface area (Å²) in [5.74, 6) is -3.79. The van der Waals surface area contributed by atoms with Gasteiger partial charge in [-0.1, -0.05) is 420 Å². The summed E-state index contributed by atoms with van der Waals surface area (Å²) in [5.41, 5.74) is 8.26. The van der Waals surface area contributed by atoms with Crippen molar-refractivity contribution in [1.82, 2.24) is 0 Å². The number of alkyl halides is 3. The van der Waals surface area contributed by atoms with Crippen molar-refractivity contribution >= 4 is 136 Å². The summed E-state index contributed by atoms with van der Waals surface area (Å²) in [6, 6.07) is 125. The third-order valence-corrected chi connectivity index (χ3v) is 29.9. The first-order valence-corrected chi connectivity index (χ1v) is 53.6. The van der Waals surface area contributed by atoms with Crippen molar-refractivity contribution in [2.45, 2.75) is 110 Å². The Bertz CT molecular complexity index is 6320. The van der Waals surface area contributed by atoms with Gasteiger partial charge in [-0.2, -0.15) is 21.6 Å². The minimum atomic E-state index is -6.00. The van der Waals surface area contributed by atoms with Crippen molar-refractivity contribution in [3.8, 4) is 83.6 Å². The first kappa shape index (κ1) is 105. The van der Waals surface area contributed by atoms with Gasteiger partial charge in [0.05, 0.1) is 21.2 Å². The molecule has 16 aromatic rings. The van der Waals surface area contributed by atoms with E-state index in [1.54, 1.807) is 36.4 Å². The maximum atomic E-state index is 15.3. The molecule has 136 heavy (non-hydrogen) atoms. The molecule has 0 N–H and O–H groups in total. The molecule has 1 saturated heterocycles. The zero-order valence-corrected chi connectivity index (χ0v) is 84.0. The summed E-state index contributed by atoms with van der Waals surface area (Å²) in [6.07, 6.45) is 9.85. The molecule has 0 aliphatic carbocycles. The topological polar surface area (TPSA) is 61.8 Å². The normalized spacial score (nSPS) is 12.5. The van der Waals surface area contributed by atoms with E-state index in [4.69, 9.17) is 74.8 Å². The predicted octanol–water partition coefficient (Wildman–Crippen LogP) is 32.2. The van der Waals surface area contributed by atoms with Gasteiger partial charge in [-0.05, 0) is 233 Å². The molecule has 1 fully saturated rings. The van der Waals surface area contributed by atoms with Crippen LogP contribution in [0.1, 0.15) is 91.2 Å². The summed E-state index contributed by atoms with van der Waals surface area (Å²) < 4.78 is 132. The van der Waals surface area contributed by atoms with Gasteiger partial charge in [-0.25, -0.2) is 17.6 Å². The Hall–Kier alpha value is -9.97. The van der Waals surface area contributed by atoms with E-state index in [1.165, 1.54) is 141 Å². The van der Waals surface area contributed by atoms with Crippen LogP contribution in [0.5, 0.6) is 5.75 Å². The zero-order valence-electron chi connectivity index (χ0n) is 75.3. The van der Waals surface area contributed by atoms with Crippen LogP contribution < -0.4 is 41.5 Å². The molecule has 17 rings (SSSR count). The second-order valence-corrected chi connectivity index (χ2v) is 42.8. The summed E-state index contributed by atoms with van der Waals surface area (Å²) >= 11 is 24.4. The monoisotopic (exact) mass is 2090 g/mol. The van der Waals surface area contributed by atoms with Gasteiger partial charge < -0.3 is 13.5 Å². The van der Waals surface area contributed by atoms with E-state index in [1.807, 2.05) is 42.5 Å². The summed E-state index contributed by atoms with van der Waals surface area (Å²) in [4.78, 5) is 0. The molecule has 23 heteroatoms. The van der Waals surface area contributed by atoms with Gasteiger partial charge in [0, 0.05) is 26.7 Å². The molecular formula is C113H98BCl6F7O5P2PdS. The Balaban J connectivity index is 0.000000155. The van der Waals surface area contributed by atoms with Crippen molar-refractivity contribution in [2.24, 2.45) is 0 Å². The van der Waals surface area contributed by atoms with Crippen LogP contribution in [0.4, 0.5) is 30.7 Å². The van der Waals surface area contributed by atoms with Gasteiger partial charge in [-0.3, -0.25) is 0 Å². The number of benzene rings is 16. The van der Waals surface area contributed by atoms with Crippen molar-refractivity contribution < 1.29 is 68.6 Å². The fourth-order valence-corrected chi connectivity index (χ4v) is 20.9.